The van der Waals surface area contributed by atoms with Crippen molar-refractivity contribution in [3.8, 4) is 11.5 Å². The summed E-state index contributed by atoms with van der Waals surface area (Å²) < 4.78 is 50.0. The van der Waals surface area contributed by atoms with E-state index in [1.807, 2.05) is 9.44 Å². The zero-order valence-corrected chi connectivity index (χ0v) is 11.1. The van der Waals surface area contributed by atoms with Crippen molar-refractivity contribution in [2.75, 3.05) is 14.1 Å². The summed E-state index contributed by atoms with van der Waals surface area (Å²) in [6.07, 6.45) is 0. The Hall–Kier alpha value is -1.36. The van der Waals surface area contributed by atoms with Gasteiger partial charge >= 0.3 is 0 Å². The molecule has 0 bridgehead atoms. The van der Waals surface area contributed by atoms with Gasteiger partial charge in [-0.25, -0.2) is 26.3 Å². The molecular weight excluding hydrogens is 284 g/mol. The molecule has 0 atom stereocenters. The van der Waals surface area contributed by atoms with Crippen LogP contribution in [0.1, 0.15) is 0 Å². The summed E-state index contributed by atoms with van der Waals surface area (Å²) >= 11 is 0. The lowest BCUT2D eigenvalue weighted by molar-refractivity contribution is 0.391. The minimum atomic E-state index is -4.09. The minimum absolute atomic E-state index is 0.478. The average molecular weight is 296 g/mol. The highest BCUT2D eigenvalue weighted by Gasteiger charge is 2.24. The Balaban J connectivity index is 3.67. The van der Waals surface area contributed by atoms with E-state index in [0.717, 1.165) is 26.2 Å². The number of benzene rings is 1. The van der Waals surface area contributed by atoms with E-state index < -0.39 is 41.3 Å². The lowest BCUT2D eigenvalue weighted by atomic mass is 10.3. The van der Waals surface area contributed by atoms with Crippen LogP contribution in [0.4, 0.5) is 0 Å². The molecule has 0 aliphatic carbocycles. The number of phenolic OH excluding ortho intramolecular Hbond substituents is 2. The molecule has 10 heteroatoms. The third kappa shape index (κ3) is 2.56. The van der Waals surface area contributed by atoms with Gasteiger partial charge in [-0.2, -0.15) is 0 Å². The minimum Gasteiger partial charge on any atom is -0.504 e. The average Bonchev–Trinajstić information content (AvgIpc) is 2.31. The zero-order valence-electron chi connectivity index (χ0n) is 9.50. The molecule has 0 heterocycles. The molecule has 1 rings (SSSR count). The fourth-order valence-electron chi connectivity index (χ4n) is 1.16. The van der Waals surface area contributed by atoms with E-state index >= 15 is 0 Å². The van der Waals surface area contributed by atoms with Crippen LogP contribution >= 0.6 is 0 Å². The van der Waals surface area contributed by atoms with Crippen LogP contribution in [0.5, 0.6) is 11.5 Å². The molecule has 0 fully saturated rings. The van der Waals surface area contributed by atoms with Gasteiger partial charge in [0.15, 0.2) is 11.5 Å². The first-order chi connectivity index (χ1) is 8.15. The first-order valence-corrected chi connectivity index (χ1v) is 7.55. The monoisotopic (exact) mass is 296 g/mol. The van der Waals surface area contributed by atoms with Gasteiger partial charge in [0.05, 0.1) is 4.90 Å². The Labute approximate surface area is 104 Å². The molecule has 0 aliphatic rings. The second kappa shape index (κ2) is 4.72. The Morgan fingerprint density at radius 2 is 1.44 bits per heavy atom. The standard InChI is InChI=1S/C8H12N2O6S2/c1-9-17(13,14)5-3-6(11)8(12)7(4-5)18(15,16)10-2/h3-4,9-12H,1-2H3. The molecule has 1 aromatic rings. The molecule has 0 unspecified atom stereocenters. The predicted octanol–water partition coefficient (Wildman–Crippen LogP) is -1.09. The highest BCUT2D eigenvalue weighted by Crippen LogP contribution is 2.34. The molecule has 102 valence electrons. The van der Waals surface area contributed by atoms with Crippen molar-refractivity contribution in [3.05, 3.63) is 12.1 Å². The van der Waals surface area contributed by atoms with Gasteiger partial charge in [0.1, 0.15) is 4.90 Å². The normalized spacial score (nSPS) is 12.6. The van der Waals surface area contributed by atoms with E-state index in [2.05, 4.69) is 0 Å². The van der Waals surface area contributed by atoms with Crippen LogP contribution in [-0.2, 0) is 20.0 Å². The SMILES string of the molecule is CNS(=O)(=O)c1cc(O)c(O)c(S(=O)(=O)NC)c1. The van der Waals surface area contributed by atoms with Gasteiger partial charge in [0, 0.05) is 6.07 Å². The molecular formula is C8H12N2O6S2. The summed E-state index contributed by atoms with van der Waals surface area (Å²) in [6, 6.07) is 1.49. The van der Waals surface area contributed by atoms with E-state index in [1.165, 1.54) is 0 Å². The van der Waals surface area contributed by atoms with Gasteiger partial charge in [-0.05, 0) is 20.2 Å². The number of phenols is 2. The summed E-state index contributed by atoms with van der Waals surface area (Å²) in [5.74, 6) is -1.76. The topological polar surface area (TPSA) is 133 Å². The Morgan fingerprint density at radius 3 is 1.89 bits per heavy atom. The van der Waals surface area contributed by atoms with Gasteiger partial charge in [-0.3, -0.25) is 0 Å². The maximum absolute atomic E-state index is 11.5. The van der Waals surface area contributed by atoms with Crippen LogP contribution < -0.4 is 9.44 Å². The second-order valence-corrected chi connectivity index (χ2v) is 6.95. The number of rotatable bonds is 4. The summed E-state index contributed by atoms with van der Waals surface area (Å²) in [6.45, 7) is 0. The van der Waals surface area contributed by atoms with Gasteiger partial charge in [-0.1, -0.05) is 0 Å². The Kier molecular flexibility index (Phi) is 3.86. The molecule has 1 aromatic carbocycles. The number of sulfonamides is 2. The van der Waals surface area contributed by atoms with E-state index in [4.69, 9.17) is 0 Å². The molecule has 0 aliphatic heterocycles. The van der Waals surface area contributed by atoms with Gasteiger partial charge in [0.2, 0.25) is 20.0 Å². The maximum atomic E-state index is 11.5. The summed E-state index contributed by atoms with van der Waals surface area (Å²) in [5, 5.41) is 18.8. The molecule has 0 aromatic heterocycles. The van der Waals surface area contributed by atoms with E-state index in [0.29, 0.717) is 0 Å². The number of nitrogens with one attached hydrogen (secondary N) is 2. The highest BCUT2D eigenvalue weighted by molar-refractivity contribution is 7.90. The van der Waals surface area contributed by atoms with Crippen molar-refractivity contribution in [3.63, 3.8) is 0 Å². The smallest absolute Gasteiger partial charge is 0.244 e. The van der Waals surface area contributed by atoms with Crippen molar-refractivity contribution in [1.82, 2.24) is 9.44 Å². The lowest BCUT2D eigenvalue weighted by Gasteiger charge is -2.10. The van der Waals surface area contributed by atoms with Crippen molar-refractivity contribution < 1.29 is 27.0 Å². The first kappa shape index (κ1) is 14.7. The Morgan fingerprint density at radius 1 is 0.944 bits per heavy atom. The number of hydrogen-bond donors (Lipinski definition) is 4. The molecule has 0 amide bonds. The van der Waals surface area contributed by atoms with Crippen LogP contribution in [0.25, 0.3) is 0 Å². The van der Waals surface area contributed by atoms with E-state index in [1.54, 1.807) is 0 Å². The molecule has 8 nitrogen and oxygen atoms in total. The number of hydrogen-bond acceptors (Lipinski definition) is 6. The molecule has 0 saturated heterocycles. The Bertz CT molecular complexity index is 665. The van der Waals surface area contributed by atoms with Crippen molar-refractivity contribution in [2.24, 2.45) is 0 Å². The summed E-state index contributed by atoms with van der Waals surface area (Å²) in [5.41, 5.74) is 0. The van der Waals surface area contributed by atoms with Crippen molar-refractivity contribution >= 4 is 20.0 Å². The van der Waals surface area contributed by atoms with E-state index in [9.17, 15) is 27.0 Å². The van der Waals surface area contributed by atoms with Gasteiger partial charge in [-0.15, -0.1) is 0 Å². The highest BCUT2D eigenvalue weighted by atomic mass is 32.2. The predicted molar refractivity (Wildman–Crippen MR) is 62.3 cm³/mol. The third-order valence-corrected chi connectivity index (χ3v) is 4.99. The van der Waals surface area contributed by atoms with Crippen LogP contribution in [-0.4, -0.2) is 41.1 Å². The fraction of sp³-hybridized carbons (Fsp3) is 0.250. The molecule has 0 saturated carbocycles. The van der Waals surface area contributed by atoms with E-state index in [-0.39, 0.29) is 0 Å². The molecule has 0 spiro atoms. The summed E-state index contributed by atoms with van der Waals surface area (Å²) in [4.78, 5) is -1.20. The number of aromatic hydroxyl groups is 2. The van der Waals surface area contributed by atoms with Crippen LogP contribution in [0.2, 0.25) is 0 Å². The van der Waals surface area contributed by atoms with Crippen LogP contribution in [0, 0.1) is 0 Å². The van der Waals surface area contributed by atoms with Gasteiger partial charge in [0.25, 0.3) is 0 Å². The van der Waals surface area contributed by atoms with Gasteiger partial charge < -0.3 is 10.2 Å². The third-order valence-electron chi connectivity index (χ3n) is 2.17. The first-order valence-electron chi connectivity index (χ1n) is 4.59. The summed E-state index contributed by atoms with van der Waals surface area (Å²) in [7, 11) is -5.82. The lowest BCUT2D eigenvalue weighted by Crippen LogP contribution is -2.21. The molecule has 0 radical (unpaired) electrons. The fourth-order valence-corrected chi connectivity index (χ4v) is 2.87. The van der Waals surface area contributed by atoms with Crippen molar-refractivity contribution in [1.29, 1.82) is 0 Å². The maximum Gasteiger partial charge on any atom is 0.244 e. The quantitative estimate of drug-likeness (QED) is 0.522. The van der Waals surface area contributed by atoms with Crippen molar-refractivity contribution in [2.45, 2.75) is 9.79 Å². The van der Waals surface area contributed by atoms with Crippen LogP contribution in [0.15, 0.2) is 21.9 Å². The second-order valence-electron chi connectivity index (χ2n) is 3.20. The molecule has 4 N–H and O–H groups in total. The largest absolute Gasteiger partial charge is 0.504 e. The zero-order chi connectivity index (χ0) is 14.1. The van der Waals surface area contributed by atoms with Crippen LogP contribution in [0.3, 0.4) is 0 Å². The molecule has 18 heavy (non-hydrogen) atoms.